The summed E-state index contributed by atoms with van der Waals surface area (Å²) in [6, 6.07) is 10.6. The molecule has 0 saturated carbocycles. The lowest BCUT2D eigenvalue weighted by atomic mass is 10.1. The normalized spacial score (nSPS) is 15.2. The molecule has 1 aromatic heterocycles. The molecule has 3 rings (SSSR count). The van der Waals surface area contributed by atoms with Gasteiger partial charge in [0.05, 0.1) is 12.1 Å². The monoisotopic (exact) mass is 371 g/mol. The second-order valence-electron chi connectivity index (χ2n) is 5.64. The standard InChI is InChI=1S/C17H21N3O2.2ClH/c1-12-8-13-4-2-3-5-16(13)20(12)7-6-19-17(21)14-9-15(10-18)22-11-14;;/h2-5,9,11-12H,6-8,10,18H2,1H3,(H,19,21);2*1H. The molecule has 1 amide bonds. The number of nitrogens with one attached hydrogen (secondary N) is 1. The van der Waals surface area contributed by atoms with Crippen LogP contribution in [-0.4, -0.2) is 25.0 Å². The Kier molecular flexibility index (Phi) is 7.60. The van der Waals surface area contributed by atoms with E-state index in [1.807, 2.05) is 0 Å². The lowest BCUT2D eigenvalue weighted by Gasteiger charge is -2.24. The minimum Gasteiger partial charge on any atom is -0.467 e. The first kappa shape index (κ1) is 20.4. The van der Waals surface area contributed by atoms with Crippen molar-refractivity contribution >= 4 is 36.4 Å². The SMILES string of the molecule is CC1Cc2ccccc2N1CCNC(=O)c1coc(CN)c1.Cl.Cl. The molecule has 1 unspecified atom stereocenters. The smallest absolute Gasteiger partial charge is 0.254 e. The molecule has 2 aromatic rings. The van der Waals surface area contributed by atoms with Crippen molar-refractivity contribution < 1.29 is 9.21 Å². The van der Waals surface area contributed by atoms with Gasteiger partial charge in [0.1, 0.15) is 12.0 Å². The maximum Gasteiger partial charge on any atom is 0.254 e. The topological polar surface area (TPSA) is 71.5 Å². The Balaban J connectivity index is 0.00000144. The third-order valence-corrected chi connectivity index (χ3v) is 4.10. The zero-order valence-electron chi connectivity index (χ0n) is 13.5. The van der Waals surface area contributed by atoms with Crippen LogP contribution in [0.2, 0.25) is 0 Å². The quantitative estimate of drug-likeness (QED) is 0.847. The van der Waals surface area contributed by atoms with E-state index in [4.69, 9.17) is 10.2 Å². The van der Waals surface area contributed by atoms with Gasteiger partial charge >= 0.3 is 0 Å². The average molecular weight is 372 g/mol. The van der Waals surface area contributed by atoms with E-state index in [1.54, 1.807) is 6.07 Å². The maximum atomic E-state index is 12.0. The molecule has 0 aliphatic carbocycles. The molecule has 0 spiro atoms. The Bertz CT molecular complexity index is 675. The number of furan rings is 1. The van der Waals surface area contributed by atoms with Crippen LogP contribution in [0.3, 0.4) is 0 Å². The molecule has 5 nitrogen and oxygen atoms in total. The second-order valence-corrected chi connectivity index (χ2v) is 5.64. The van der Waals surface area contributed by atoms with Gasteiger partial charge in [-0.25, -0.2) is 0 Å². The van der Waals surface area contributed by atoms with Crippen molar-refractivity contribution in [2.75, 3.05) is 18.0 Å². The summed E-state index contributed by atoms with van der Waals surface area (Å²) in [4.78, 5) is 14.4. The highest BCUT2D eigenvalue weighted by atomic mass is 35.5. The van der Waals surface area contributed by atoms with Crippen molar-refractivity contribution in [3.63, 3.8) is 0 Å². The van der Waals surface area contributed by atoms with Gasteiger partial charge in [-0.05, 0) is 31.0 Å². The second kappa shape index (κ2) is 8.97. The third-order valence-electron chi connectivity index (χ3n) is 4.10. The predicted molar refractivity (Wildman–Crippen MR) is 100 cm³/mol. The van der Waals surface area contributed by atoms with Crippen LogP contribution in [0, 0.1) is 0 Å². The number of amides is 1. The molecule has 0 saturated heterocycles. The molecule has 7 heteroatoms. The summed E-state index contributed by atoms with van der Waals surface area (Å²) in [6.07, 6.45) is 2.51. The van der Waals surface area contributed by atoms with Crippen LogP contribution in [0.1, 0.15) is 28.6 Å². The van der Waals surface area contributed by atoms with Crippen molar-refractivity contribution in [2.45, 2.75) is 25.9 Å². The Labute approximate surface area is 154 Å². The molecule has 1 aromatic carbocycles. The first-order valence-electron chi connectivity index (χ1n) is 7.59. The third kappa shape index (κ3) is 4.23. The largest absolute Gasteiger partial charge is 0.467 e. The fraction of sp³-hybridized carbons (Fsp3) is 0.353. The molecule has 0 radical (unpaired) electrons. The van der Waals surface area contributed by atoms with Gasteiger partial charge < -0.3 is 20.4 Å². The van der Waals surface area contributed by atoms with E-state index in [2.05, 4.69) is 41.4 Å². The molecular formula is C17H23Cl2N3O2. The van der Waals surface area contributed by atoms with Gasteiger partial charge in [-0.1, -0.05) is 18.2 Å². The molecule has 1 aliphatic rings. The van der Waals surface area contributed by atoms with E-state index in [-0.39, 0.29) is 30.7 Å². The number of hydrogen-bond acceptors (Lipinski definition) is 4. The molecule has 2 heterocycles. The number of halogens is 2. The summed E-state index contributed by atoms with van der Waals surface area (Å²) in [5.41, 5.74) is 8.65. The molecule has 24 heavy (non-hydrogen) atoms. The van der Waals surface area contributed by atoms with E-state index < -0.39 is 0 Å². The molecule has 1 aliphatic heterocycles. The van der Waals surface area contributed by atoms with Crippen LogP contribution in [0.4, 0.5) is 5.69 Å². The Hall–Kier alpha value is -1.69. The summed E-state index contributed by atoms with van der Waals surface area (Å²) in [6.45, 7) is 3.91. The van der Waals surface area contributed by atoms with Crippen LogP contribution < -0.4 is 16.0 Å². The number of nitrogens with zero attached hydrogens (tertiary/aromatic N) is 1. The molecule has 132 valence electrons. The number of carbonyl (C=O) groups is 1. The first-order valence-corrected chi connectivity index (χ1v) is 7.59. The van der Waals surface area contributed by atoms with Gasteiger partial charge in [0.2, 0.25) is 0 Å². The highest BCUT2D eigenvalue weighted by Gasteiger charge is 2.24. The van der Waals surface area contributed by atoms with Gasteiger partial charge in [-0.2, -0.15) is 0 Å². The van der Waals surface area contributed by atoms with Crippen molar-refractivity contribution in [2.24, 2.45) is 5.73 Å². The van der Waals surface area contributed by atoms with Gasteiger partial charge in [0.25, 0.3) is 5.91 Å². The summed E-state index contributed by atoms with van der Waals surface area (Å²) in [7, 11) is 0. The predicted octanol–water partition coefficient (Wildman–Crippen LogP) is 2.76. The number of rotatable bonds is 5. The number of nitrogens with two attached hydrogens (primary N) is 1. The van der Waals surface area contributed by atoms with E-state index in [0.717, 1.165) is 13.0 Å². The minimum atomic E-state index is -0.122. The Morgan fingerprint density at radius 1 is 1.38 bits per heavy atom. The summed E-state index contributed by atoms with van der Waals surface area (Å²) in [5.74, 6) is 0.496. The Morgan fingerprint density at radius 2 is 2.12 bits per heavy atom. The van der Waals surface area contributed by atoms with Crippen LogP contribution in [-0.2, 0) is 13.0 Å². The van der Waals surface area contributed by atoms with Crippen LogP contribution in [0.5, 0.6) is 0 Å². The van der Waals surface area contributed by atoms with Gasteiger partial charge in [0, 0.05) is 24.8 Å². The average Bonchev–Trinajstić information content (AvgIpc) is 3.12. The number of carbonyl (C=O) groups excluding carboxylic acids is 1. The molecular weight excluding hydrogens is 349 g/mol. The van der Waals surface area contributed by atoms with Gasteiger partial charge in [-0.15, -0.1) is 24.8 Å². The highest BCUT2D eigenvalue weighted by molar-refractivity contribution is 5.94. The minimum absolute atomic E-state index is 0. The van der Waals surface area contributed by atoms with Crippen molar-refractivity contribution in [1.29, 1.82) is 0 Å². The van der Waals surface area contributed by atoms with Crippen molar-refractivity contribution in [1.82, 2.24) is 5.32 Å². The highest BCUT2D eigenvalue weighted by Crippen LogP contribution is 2.31. The van der Waals surface area contributed by atoms with Gasteiger partial charge in [-0.3, -0.25) is 4.79 Å². The zero-order valence-corrected chi connectivity index (χ0v) is 15.2. The van der Waals surface area contributed by atoms with Crippen LogP contribution >= 0.6 is 24.8 Å². The fourth-order valence-corrected chi connectivity index (χ4v) is 2.97. The van der Waals surface area contributed by atoms with E-state index in [9.17, 15) is 4.79 Å². The molecule has 0 bridgehead atoms. The lowest BCUT2D eigenvalue weighted by molar-refractivity contribution is 0.0954. The molecule has 1 atom stereocenters. The fourth-order valence-electron chi connectivity index (χ4n) is 2.97. The van der Waals surface area contributed by atoms with Crippen molar-refractivity contribution in [3.05, 3.63) is 53.5 Å². The summed E-state index contributed by atoms with van der Waals surface area (Å²) < 4.78 is 5.18. The zero-order chi connectivity index (χ0) is 15.5. The Morgan fingerprint density at radius 3 is 2.83 bits per heavy atom. The summed E-state index contributed by atoms with van der Waals surface area (Å²) in [5, 5.41) is 2.93. The number of para-hydroxylation sites is 1. The number of benzene rings is 1. The summed E-state index contributed by atoms with van der Waals surface area (Å²) >= 11 is 0. The molecule has 3 N–H and O–H groups in total. The maximum absolute atomic E-state index is 12.0. The number of fused-ring (bicyclic) bond motifs is 1. The lowest BCUT2D eigenvalue weighted by Crippen LogP contribution is -2.37. The van der Waals surface area contributed by atoms with E-state index in [0.29, 0.717) is 30.5 Å². The molecule has 0 fully saturated rings. The van der Waals surface area contributed by atoms with Crippen LogP contribution in [0.25, 0.3) is 0 Å². The number of hydrogen-bond donors (Lipinski definition) is 2. The van der Waals surface area contributed by atoms with Gasteiger partial charge in [0.15, 0.2) is 0 Å². The van der Waals surface area contributed by atoms with E-state index >= 15 is 0 Å². The first-order chi connectivity index (χ1) is 10.7. The number of anilines is 1. The van der Waals surface area contributed by atoms with E-state index in [1.165, 1.54) is 17.5 Å². The van der Waals surface area contributed by atoms with Crippen molar-refractivity contribution in [3.8, 4) is 0 Å². The van der Waals surface area contributed by atoms with Crippen LogP contribution in [0.15, 0.2) is 41.0 Å².